The highest BCUT2D eigenvalue weighted by Gasteiger charge is 2.47. The van der Waals surface area contributed by atoms with Crippen molar-refractivity contribution in [1.29, 1.82) is 0 Å². The lowest BCUT2D eigenvalue weighted by Gasteiger charge is -2.41. The largest absolute Gasteiger partial charge is 0.493 e. The van der Waals surface area contributed by atoms with Crippen molar-refractivity contribution in [1.82, 2.24) is 10.2 Å². The molecule has 3 N–H and O–H groups in total. The van der Waals surface area contributed by atoms with Gasteiger partial charge in [-0.2, -0.15) is 0 Å². The molecular formula is C31H42N2O8. The third kappa shape index (κ3) is 5.91. The van der Waals surface area contributed by atoms with Crippen molar-refractivity contribution in [3.63, 3.8) is 0 Å². The minimum absolute atomic E-state index is 0.0769. The molecule has 0 spiro atoms. The number of carbonyl (C=O) groups is 1. The summed E-state index contributed by atoms with van der Waals surface area (Å²) in [7, 11) is 4.63. The zero-order chi connectivity index (χ0) is 28.9. The highest BCUT2D eigenvalue weighted by atomic mass is 16.7. The van der Waals surface area contributed by atoms with E-state index in [0.29, 0.717) is 40.9 Å². The first kappa shape index (κ1) is 29.3. The van der Waals surface area contributed by atoms with Crippen molar-refractivity contribution in [3.8, 4) is 28.7 Å². The SMILES string of the molecule is COc1cc([C@@H]2c3cc4c(cc3[C@H](O)[C@@H](CO)[C@@H]2C(=O)NCCCN2CCCCCC2)OCO4)cc(OC)c1OC. The fraction of sp³-hybridized carbons (Fsp3) is 0.581. The molecule has 1 amide bonds. The van der Waals surface area contributed by atoms with Crippen molar-refractivity contribution < 1.29 is 38.7 Å². The van der Waals surface area contributed by atoms with Gasteiger partial charge in [-0.25, -0.2) is 0 Å². The fourth-order valence-electron chi connectivity index (χ4n) is 6.59. The van der Waals surface area contributed by atoms with Crippen LogP contribution in [0.2, 0.25) is 0 Å². The molecule has 10 nitrogen and oxygen atoms in total. The average Bonchev–Trinajstić information content (AvgIpc) is 3.30. The van der Waals surface area contributed by atoms with Crippen molar-refractivity contribution in [2.75, 3.05) is 60.9 Å². The zero-order valence-electron chi connectivity index (χ0n) is 24.2. The molecule has 2 aliphatic heterocycles. The Morgan fingerprint density at radius 3 is 2.17 bits per heavy atom. The molecule has 3 aliphatic rings. The predicted octanol–water partition coefficient (Wildman–Crippen LogP) is 3.23. The second-order valence-electron chi connectivity index (χ2n) is 11.0. The van der Waals surface area contributed by atoms with E-state index in [1.165, 1.54) is 32.8 Å². The number of carbonyl (C=O) groups excluding carboxylic acids is 1. The van der Waals surface area contributed by atoms with Crippen LogP contribution in [0.3, 0.4) is 0 Å². The summed E-state index contributed by atoms with van der Waals surface area (Å²) in [5.74, 6) is 0.127. The smallest absolute Gasteiger partial charge is 0.231 e. The molecule has 2 aromatic carbocycles. The second kappa shape index (κ2) is 13.2. The summed E-state index contributed by atoms with van der Waals surface area (Å²) in [6.07, 6.45) is 4.76. The van der Waals surface area contributed by atoms with Crippen LogP contribution in [0.25, 0.3) is 0 Å². The maximum absolute atomic E-state index is 14.0. The van der Waals surface area contributed by atoms with Gasteiger partial charge in [0.1, 0.15) is 0 Å². The van der Waals surface area contributed by atoms with Gasteiger partial charge in [0, 0.05) is 25.0 Å². The molecule has 5 rings (SSSR count). The number of hydrogen-bond acceptors (Lipinski definition) is 9. The van der Waals surface area contributed by atoms with E-state index in [-0.39, 0.29) is 19.3 Å². The van der Waals surface area contributed by atoms with E-state index in [9.17, 15) is 15.0 Å². The molecule has 2 aromatic rings. The topological polar surface area (TPSA) is 119 Å². The van der Waals surface area contributed by atoms with E-state index >= 15 is 0 Å². The van der Waals surface area contributed by atoms with Gasteiger partial charge in [-0.05, 0) is 79.9 Å². The Kier molecular flexibility index (Phi) is 9.42. The first-order valence-corrected chi connectivity index (χ1v) is 14.5. The van der Waals surface area contributed by atoms with Crippen LogP contribution in [0.4, 0.5) is 0 Å². The lowest BCUT2D eigenvalue weighted by Crippen LogP contribution is -2.45. The summed E-state index contributed by atoms with van der Waals surface area (Å²) in [4.78, 5) is 16.5. The van der Waals surface area contributed by atoms with Crippen LogP contribution < -0.4 is 29.0 Å². The van der Waals surface area contributed by atoms with E-state index in [1.54, 1.807) is 20.3 Å². The van der Waals surface area contributed by atoms with Crippen LogP contribution in [-0.2, 0) is 4.79 Å². The average molecular weight is 571 g/mol. The van der Waals surface area contributed by atoms with Crippen LogP contribution in [0.5, 0.6) is 28.7 Å². The molecule has 0 radical (unpaired) electrons. The van der Waals surface area contributed by atoms with Gasteiger partial charge in [-0.1, -0.05) is 12.8 Å². The van der Waals surface area contributed by atoms with E-state index in [2.05, 4.69) is 10.2 Å². The maximum Gasteiger partial charge on any atom is 0.231 e. The van der Waals surface area contributed by atoms with Crippen molar-refractivity contribution in [2.24, 2.45) is 11.8 Å². The van der Waals surface area contributed by atoms with Crippen LogP contribution >= 0.6 is 0 Å². The van der Waals surface area contributed by atoms with Crippen LogP contribution in [-0.4, -0.2) is 81.9 Å². The first-order valence-electron chi connectivity index (χ1n) is 14.5. The monoisotopic (exact) mass is 570 g/mol. The Balaban J connectivity index is 1.50. The fourth-order valence-corrected chi connectivity index (χ4v) is 6.59. The third-order valence-electron chi connectivity index (χ3n) is 8.67. The summed E-state index contributed by atoms with van der Waals surface area (Å²) < 4.78 is 28.1. The Labute approximate surface area is 241 Å². The van der Waals surface area contributed by atoms with Crippen LogP contribution in [0, 0.1) is 11.8 Å². The van der Waals surface area contributed by atoms with E-state index in [1.807, 2.05) is 18.2 Å². The van der Waals surface area contributed by atoms with Crippen molar-refractivity contribution >= 4 is 5.91 Å². The van der Waals surface area contributed by atoms with Gasteiger partial charge in [-0.3, -0.25) is 4.79 Å². The summed E-state index contributed by atoms with van der Waals surface area (Å²) in [6, 6.07) is 7.24. The van der Waals surface area contributed by atoms with Gasteiger partial charge in [-0.15, -0.1) is 0 Å². The minimum Gasteiger partial charge on any atom is -0.493 e. The number of hydrogen-bond donors (Lipinski definition) is 3. The number of aliphatic hydroxyl groups excluding tert-OH is 2. The van der Waals surface area contributed by atoms with Gasteiger partial charge < -0.3 is 44.1 Å². The number of fused-ring (bicyclic) bond motifs is 2. The first-order chi connectivity index (χ1) is 20.0. The summed E-state index contributed by atoms with van der Waals surface area (Å²) in [5, 5.41) is 25.1. The molecule has 224 valence electrons. The molecule has 0 saturated carbocycles. The number of aliphatic hydroxyl groups is 2. The zero-order valence-corrected chi connectivity index (χ0v) is 24.2. The molecule has 4 atom stereocenters. The Morgan fingerprint density at radius 2 is 1.59 bits per heavy atom. The number of likely N-dealkylation sites (tertiary alicyclic amines) is 1. The Morgan fingerprint density at radius 1 is 0.951 bits per heavy atom. The molecule has 1 saturated heterocycles. The predicted molar refractivity (Wildman–Crippen MR) is 152 cm³/mol. The van der Waals surface area contributed by atoms with Crippen LogP contribution in [0.1, 0.15) is 60.8 Å². The van der Waals surface area contributed by atoms with Crippen molar-refractivity contribution in [2.45, 2.75) is 44.1 Å². The molecular weight excluding hydrogens is 528 g/mol. The van der Waals surface area contributed by atoms with E-state index in [0.717, 1.165) is 37.2 Å². The standard InChI is InChI=1S/C31H42N2O8/c1-37-25-13-19(14-26(38-2)30(25)39-3)27-20-15-23-24(41-18-40-23)16-21(20)29(35)22(17-34)28(27)31(36)32-9-8-12-33-10-6-4-5-7-11-33/h13-16,22,27-29,34-35H,4-12,17-18H2,1-3H3,(H,32,36)/t22-,27+,28-,29-/m0/s1. The second-order valence-corrected chi connectivity index (χ2v) is 11.0. The highest BCUT2D eigenvalue weighted by Crippen LogP contribution is 2.53. The molecule has 2 heterocycles. The van der Waals surface area contributed by atoms with E-state index in [4.69, 9.17) is 23.7 Å². The number of methoxy groups -OCH3 is 3. The molecule has 0 unspecified atom stereocenters. The number of ether oxygens (including phenoxy) is 5. The maximum atomic E-state index is 14.0. The van der Waals surface area contributed by atoms with Crippen LogP contribution in [0.15, 0.2) is 24.3 Å². The molecule has 41 heavy (non-hydrogen) atoms. The number of nitrogens with one attached hydrogen (secondary N) is 1. The molecule has 0 bridgehead atoms. The summed E-state index contributed by atoms with van der Waals surface area (Å²) in [5.41, 5.74) is 2.05. The Hall–Kier alpha value is -3.21. The van der Waals surface area contributed by atoms with Gasteiger partial charge in [0.15, 0.2) is 23.0 Å². The number of amides is 1. The summed E-state index contributed by atoms with van der Waals surface area (Å²) in [6.45, 7) is 3.35. The molecule has 0 aromatic heterocycles. The van der Waals surface area contributed by atoms with E-state index < -0.39 is 23.9 Å². The third-order valence-corrected chi connectivity index (χ3v) is 8.67. The lowest BCUT2D eigenvalue weighted by atomic mass is 9.64. The summed E-state index contributed by atoms with van der Waals surface area (Å²) >= 11 is 0. The minimum atomic E-state index is -1.07. The lowest BCUT2D eigenvalue weighted by molar-refractivity contribution is -0.131. The van der Waals surface area contributed by atoms with Gasteiger partial charge in [0.05, 0.1) is 33.4 Å². The van der Waals surface area contributed by atoms with Gasteiger partial charge >= 0.3 is 0 Å². The molecule has 1 aliphatic carbocycles. The molecule has 1 fully saturated rings. The number of nitrogens with zero attached hydrogens (tertiary/aromatic N) is 1. The number of benzene rings is 2. The van der Waals surface area contributed by atoms with Gasteiger partial charge in [0.25, 0.3) is 0 Å². The quantitative estimate of drug-likeness (QED) is 0.370. The normalized spacial score (nSPS) is 23.8. The molecule has 10 heteroatoms. The van der Waals surface area contributed by atoms with Crippen molar-refractivity contribution in [3.05, 3.63) is 41.0 Å². The Bertz CT molecular complexity index is 1190. The number of rotatable bonds is 10. The van der Waals surface area contributed by atoms with Gasteiger partial charge in [0.2, 0.25) is 18.4 Å². The highest BCUT2D eigenvalue weighted by molar-refractivity contribution is 5.82.